The summed E-state index contributed by atoms with van der Waals surface area (Å²) in [6, 6.07) is 0. The molecule has 0 saturated heterocycles. The molecule has 1 rings (SSSR count). The summed E-state index contributed by atoms with van der Waals surface area (Å²) in [4.78, 5) is 27.5. The minimum atomic E-state index is -1.94. The Bertz CT molecular complexity index is 489. The lowest BCUT2D eigenvalue weighted by atomic mass is 10.2. The van der Waals surface area contributed by atoms with E-state index in [0.29, 0.717) is 0 Å². The molecule has 0 aliphatic heterocycles. The van der Waals surface area contributed by atoms with Gasteiger partial charge in [0.2, 0.25) is 10.0 Å². The van der Waals surface area contributed by atoms with E-state index in [2.05, 4.69) is 0 Å². The molecule has 18 heavy (non-hydrogen) atoms. The highest BCUT2D eigenvalue weighted by atomic mass is 35.5. The third-order valence-electron chi connectivity index (χ3n) is 1.80. The van der Waals surface area contributed by atoms with Crippen molar-refractivity contribution in [3.8, 4) is 0 Å². The van der Waals surface area contributed by atoms with Crippen molar-refractivity contribution >= 4 is 40.3 Å². The first-order chi connectivity index (χ1) is 8.20. The maximum atomic E-state index is 13.5. The molecule has 0 amide bonds. The van der Waals surface area contributed by atoms with Gasteiger partial charge in [-0.2, -0.15) is 4.39 Å². The van der Waals surface area contributed by atoms with Crippen molar-refractivity contribution in [1.82, 2.24) is 0 Å². The summed E-state index contributed by atoms with van der Waals surface area (Å²) in [6.45, 7) is 0. The van der Waals surface area contributed by atoms with Crippen molar-refractivity contribution in [2.45, 2.75) is 0 Å². The van der Waals surface area contributed by atoms with Crippen molar-refractivity contribution in [1.29, 1.82) is 0 Å². The van der Waals surface area contributed by atoms with Crippen LogP contribution >= 0.6 is 23.2 Å². The normalized spacial score (nSPS) is 10.2. The van der Waals surface area contributed by atoms with Crippen molar-refractivity contribution in [3.05, 3.63) is 46.2 Å². The number of nitro benzene ring substituents is 3. The first-order valence-electron chi connectivity index (χ1n) is 3.83. The molecule has 0 heterocycles. The fourth-order valence-electron chi connectivity index (χ4n) is 1.11. The van der Waals surface area contributed by atoms with Gasteiger partial charge < -0.3 is 0 Å². The van der Waals surface area contributed by atoms with Crippen LogP contribution in [0.1, 0.15) is 0 Å². The molecule has 0 N–H and O–H groups in total. The molecule has 1 aromatic rings. The van der Waals surface area contributed by atoms with E-state index in [1.165, 1.54) is 0 Å². The summed E-state index contributed by atoms with van der Waals surface area (Å²) in [5.41, 5.74) is -4.43. The zero-order chi connectivity index (χ0) is 14.2. The largest absolute Gasteiger partial charge is 0.337 e. The van der Waals surface area contributed by atoms with Gasteiger partial charge in [-0.3, -0.25) is 30.3 Å². The van der Waals surface area contributed by atoms with E-state index in [1.807, 2.05) is 0 Å². The predicted molar refractivity (Wildman–Crippen MR) is 56.4 cm³/mol. The smallest absolute Gasteiger partial charge is 0.258 e. The van der Waals surface area contributed by atoms with E-state index >= 15 is 0 Å². The first kappa shape index (κ1) is 14.0. The van der Waals surface area contributed by atoms with Crippen LogP contribution in [-0.4, -0.2) is 14.8 Å². The van der Waals surface area contributed by atoms with Crippen LogP contribution in [0, 0.1) is 36.2 Å². The lowest BCUT2D eigenvalue weighted by Crippen LogP contribution is -2.04. The van der Waals surface area contributed by atoms with Gasteiger partial charge in [-0.25, -0.2) is 0 Å². The first-order valence-corrected chi connectivity index (χ1v) is 4.59. The molecule has 0 atom stereocenters. The maximum absolute atomic E-state index is 13.5. The predicted octanol–water partition coefficient (Wildman–Crippen LogP) is 2.86. The third kappa shape index (κ3) is 2.02. The Kier molecular flexibility index (Phi) is 3.62. The minimum Gasteiger partial charge on any atom is -0.258 e. The Morgan fingerprint density at radius 2 is 1.06 bits per heavy atom. The quantitative estimate of drug-likeness (QED) is 0.623. The molecule has 0 aliphatic rings. The number of benzene rings is 1. The van der Waals surface area contributed by atoms with Gasteiger partial charge in [0, 0.05) is 0 Å². The summed E-state index contributed by atoms with van der Waals surface area (Å²) >= 11 is 10.5. The number of hydrogen-bond donors (Lipinski definition) is 0. The topological polar surface area (TPSA) is 129 Å². The number of nitro groups is 3. The summed E-state index contributed by atoms with van der Waals surface area (Å²) < 4.78 is 13.5. The van der Waals surface area contributed by atoms with Gasteiger partial charge in [0.25, 0.3) is 5.82 Å². The van der Waals surface area contributed by atoms with E-state index in [4.69, 9.17) is 23.2 Å². The Morgan fingerprint density at radius 3 is 1.28 bits per heavy atom. The van der Waals surface area contributed by atoms with Crippen LogP contribution in [0.5, 0.6) is 0 Å². The zero-order valence-electron chi connectivity index (χ0n) is 7.93. The fourth-order valence-corrected chi connectivity index (χ4v) is 1.79. The lowest BCUT2D eigenvalue weighted by molar-refractivity contribution is -0.406. The van der Waals surface area contributed by atoms with Crippen molar-refractivity contribution in [3.63, 3.8) is 0 Å². The molecule has 0 aliphatic carbocycles. The van der Waals surface area contributed by atoms with Gasteiger partial charge in [0.15, 0.2) is 0 Å². The third-order valence-corrected chi connectivity index (χ3v) is 2.51. The van der Waals surface area contributed by atoms with Gasteiger partial charge in [-0.15, -0.1) is 0 Å². The van der Waals surface area contributed by atoms with Gasteiger partial charge in [0.1, 0.15) is 0 Å². The molecule has 96 valence electrons. The van der Waals surface area contributed by atoms with Crippen LogP contribution in [0.15, 0.2) is 0 Å². The summed E-state index contributed by atoms with van der Waals surface area (Å²) in [5, 5.41) is 29.1. The Balaban J connectivity index is 3.94. The van der Waals surface area contributed by atoms with Crippen molar-refractivity contribution < 1.29 is 19.2 Å². The Labute approximate surface area is 106 Å². The second-order valence-corrected chi connectivity index (χ2v) is 3.52. The lowest BCUT2D eigenvalue weighted by Gasteiger charge is -2.02. The highest BCUT2D eigenvalue weighted by molar-refractivity contribution is 6.40. The number of nitrogens with zero attached hydrogens (tertiary/aromatic N) is 3. The second kappa shape index (κ2) is 4.66. The van der Waals surface area contributed by atoms with Crippen LogP contribution in [0.3, 0.4) is 0 Å². The van der Waals surface area contributed by atoms with Gasteiger partial charge in [-0.1, -0.05) is 23.2 Å². The molecule has 0 spiro atoms. The molecular weight excluding hydrogens is 300 g/mol. The molecule has 12 heteroatoms. The van der Waals surface area contributed by atoms with E-state index < -0.39 is 47.7 Å². The average molecular weight is 300 g/mol. The molecule has 0 saturated carbocycles. The fraction of sp³-hybridized carbons (Fsp3) is 0. The molecule has 0 aromatic heterocycles. The standard InChI is InChI=1S/C6Cl2FN3O6/c7-1-4(10(13)14)2(8)6(12(17)18)3(9)5(1)11(15)16. The minimum absolute atomic E-state index is 1.21. The number of rotatable bonds is 3. The van der Waals surface area contributed by atoms with Crippen LogP contribution in [0.4, 0.5) is 21.5 Å². The highest BCUT2D eigenvalue weighted by Gasteiger charge is 2.41. The number of hydrogen-bond acceptors (Lipinski definition) is 6. The van der Waals surface area contributed by atoms with Crippen LogP contribution in [0.2, 0.25) is 10.0 Å². The van der Waals surface area contributed by atoms with E-state index in [9.17, 15) is 34.7 Å². The molecule has 0 bridgehead atoms. The number of halogens is 3. The maximum Gasteiger partial charge on any atom is 0.337 e. The van der Waals surface area contributed by atoms with Crippen molar-refractivity contribution in [2.75, 3.05) is 0 Å². The van der Waals surface area contributed by atoms with E-state index in [1.54, 1.807) is 0 Å². The summed E-state index contributed by atoms with van der Waals surface area (Å²) in [5.74, 6) is -1.94. The Morgan fingerprint density at radius 1 is 0.778 bits per heavy atom. The SMILES string of the molecule is O=[N+]([O-])c1c(F)c([N+](=O)[O-])c(Cl)c([N+](=O)[O-])c1Cl. The van der Waals surface area contributed by atoms with Crippen LogP contribution in [-0.2, 0) is 0 Å². The molecular formula is C6Cl2FN3O6. The average Bonchev–Trinajstić information content (AvgIpc) is 2.14. The molecule has 0 fully saturated rings. The van der Waals surface area contributed by atoms with E-state index in [-0.39, 0.29) is 0 Å². The monoisotopic (exact) mass is 299 g/mol. The zero-order valence-corrected chi connectivity index (χ0v) is 9.44. The van der Waals surface area contributed by atoms with Gasteiger partial charge in [0.05, 0.1) is 14.8 Å². The second-order valence-electron chi connectivity index (χ2n) is 2.76. The van der Waals surface area contributed by atoms with Crippen LogP contribution < -0.4 is 0 Å². The molecule has 9 nitrogen and oxygen atoms in total. The molecule has 1 aromatic carbocycles. The van der Waals surface area contributed by atoms with Crippen LogP contribution in [0.25, 0.3) is 0 Å². The summed E-state index contributed by atoms with van der Waals surface area (Å²) in [7, 11) is 0. The molecule has 0 unspecified atom stereocenters. The highest BCUT2D eigenvalue weighted by Crippen LogP contribution is 2.47. The van der Waals surface area contributed by atoms with Gasteiger partial charge in [-0.05, 0) is 0 Å². The van der Waals surface area contributed by atoms with E-state index in [0.717, 1.165) is 0 Å². The summed E-state index contributed by atoms with van der Waals surface area (Å²) in [6.07, 6.45) is 0. The van der Waals surface area contributed by atoms with Crippen molar-refractivity contribution in [2.24, 2.45) is 0 Å². The Hall–Kier alpha value is -2.07. The van der Waals surface area contributed by atoms with Gasteiger partial charge >= 0.3 is 17.1 Å². The molecule has 0 radical (unpaired) electrons.